The number of benzene rings is 1. The van der Waals surface area contributed by atoms with Crippen LogP contribution >= 0.6 is 11.6 Å². The van der Waals surface area contributed by atoms with Gasteiger partial charge in [0.15, 0.2) is 0 Å². The third-order valence-corrected chi connectivity index (χ3v) is 3.33. The maximum absolute atomic E-state index is 11.1. The van der Waals surface area contributed by atoms with Crippen molar-refractivity contribution >= 4 is 17.6 Å². The summed E-state index contributed by atoms with van der Waals surface area (Å²) in [5, 5.41) is 13.8. The molecule has 2 aromatic rings. The van der Waals surface area contributed by atoms with Crippen LogP contribution in [0.1, 0.15) is 21.6 Å². The summed E-state index contributed by atoms with van der Waals surface area (Å²) in [5.41, 5.74) is 2.06. The zero-order chi connectivity index (χ0) is 14.7. The number of halogens is 1. The number of hydrogen-bond acceptors (Lipinski definition) is 3. The average Bonchev–Trinajstić information content (AvgIpc) is 2.74. The molecule has 0 fully saturated rings. The number of aromatic carboxylic acids is 1. The zero-order valence-electron chi connectivity index (χ0n) is 11.4. The highest BCUT2D eigenvalue weighted by Crippen LogP contribution is 2.14. The van der Waals surface area contributed by atoms with Crippen molar-refractivity contribution in [2.45, 2.75) is 13.1 Å². The number of nitrogens with zero attached hydrogens (tertiary/aromatic N) is 3. The van der Waals surface area contributed by atoms with E-state index in [0.717, 1.165) is 5.56 Å². The van der Waals surface area contributed by atoms with Crippen LogP contribution in [0.2, 0.25) is 5.02 Å². The van der Waals surface area contributed by atoms with Gasteiger partial charge in [0.05, 0.1) is 11.9 Å². The van der Waals surface area contributed by atoms with E-state index in [4.69, 9.17) is 16.7 Å². The number of carboxylic acids is 1. The third kappa shape index (κ3) is 3.37. The molecule has 0 unspecified atom stereocenters. The summed E-state index contributed by atoms with van der Waals surface area (Å²) in [6.45, 7) is 1.22. The quantitative estimate of drug-likeness (QED) is 0.920. The largest absolute Gasteiger partial charge is 0.478 e. The predicted molar refractivity (Wildman–Crippen MR) is 76.8 cm³/mol. The molecule has 20 heavy (non-hydrogen) atoms. The summed E-state index contributed by atoms with van der Waals surface area (Å²) in [4.78, 5) is 13.2. The predicted octanol–water partition coefficient (Wildman–Crippen LogP) is 2.40. The number of hydrogen-bond donors (Lipinski definition) is 1. The van der Waals surface area contributed by atoms with Gasteiger partial charge < -0.3 is 5.11 Å². The van der Waals surface area contributed by atoms with E-state index in [1.165, 1.54) is 6.20 Å². The van der Waals surface area contributed by atoms with E-state index in [-0.39, 0.29) is 5.56 Å². The Morgan fingerprint density at radius 2 is 2.00 bits per heavy atom. The second-order valence-corrected chi connectivity index (χ2v) is 5.17. The zero-order valence-corrected chi connectivity index (χ0v) is 12.1. The van der Waals surface area contributed by atoms with Crippen molar-refractivity contribution in [1.82, 2.24) is 14.7 Å². The Bertz CT molecular complexity index is 607. The van der Waals surface area contributed by atoms with Gasteiger partial charge in [-0.2, -0.15) is 5.10 Å². The Labute approximate surface area is 122 Å². The van der Waals surface area contributed by atoms with Crippen LogP contribution in [0.4, 0.5) is 0 Å². The van der Waals surface area contributed by atoms with Crippen LogP contribution in [-0.2, 0) is 20.1 Å². The molecule has 0 saturated heterocycles. The lowest BCUT2D eigenvalue weighted by Crippen LogP contribution is -2.20. The van der Waals surface area contributed by atoms with E-state index in [9.17, 15) is 4.79 Å². The fraction of sp³-hybridized carbons (Fsp3) is 0.286. The van der Waals surface area contributed by atoms with Crippen LogP contribution in [0.5, 0.6) is 0 Å². The van der Waals surface area contributed by atoms with Crippen LogP contribution < -0.4 is 0 Å². The normalized spacial score (nSPS) is 11.0. The Morgan fingerprint density at radius 3 is 2.60 bits per heavy atom. The molecule has 1 N–H and O–H groups in total. The van der Waals surface area contributed by atoms with Crippen molar-refractivity contribution in [3.05, 3.63) is 52.3 Å². The molecule has 2 rings (SSSR count). The average molecular weight is 294 g/mol. The first-order valence-electron chi connectivity index (χ1n) is 6.14. The van der Waals surface area contributed by atoms with Crippen LogP contribution in [0.15, 0.2) is 30.5 Å². The SMILES string of the molecule is CN(Cc1ccc(Cl)cc1)Cc1c(C(=O)O)cnn1C. The maximum atomic E-state index is 11.1. The summed E-state index contributed by atoms with van der Waals surface area (Å²) in [6, 6.07) is 7.61. The highest BCUT2D eigenvalue weighted by molar-refractivity contribution is 6.30. The molecule has 106 valence electrons. The van der Waals surface area contributed by atoms with Gasteiger partial charge in [0.1, 0.15) is 5.56 Å². The molecule has 0 atom stereocenters. The minimum atomic E-state index is -0.951. The smallest absolute Gasteiger partial charge is 0.339 e. The van der Waals surface area contributed by atoms with Gasteiger partial charge in [-0.05, 0) is 24.7 Å². The van der Waals surface area contributed by atoms with E-state index in [2.05, 4.69) is 5.10 Å². The molecule has 1 aromatic heterocycles. The van der Waals surface area contributed by atoms with Gasteiger partial charge in [0.2, 0.25) is 0 Å². The monoisotopic (exact) mass is 293 g/mol. The summed E-state index contributed by atoms with van der Waals surface area (Å²) in [7, 11) is 3.69. The van der Waals surface area contributed by atoms with E-state index in [1.54, 1.807) is 11.7 Å². The fourth-order valence-electron chi connectivity index (χ4n) is 2.04. The highest BCUT2D eigenvalue weighted by atomic mass is 35.5. The molecule has 1 heterocycles. The standard InChI is InChI=1S/C14H16ClN3O2/c1-17(8-10-3-5-11(15)6-4-10)9-13-12(14(19)20)7-16-18(13)2/h3-7H,8-9H2,1-2H3,(H,19,20). The summed E-state index contributed by atoms with van der Waals surface area (Å²) >= 11 is 5.85. The van der Waals surface area contributed by atoms with Gasteiger partial charge in [0.25, 0.3) is 0 Å². The molecule has 0 aliphatic carbocycles. The van der Waals surface area contributed by atoms with Crippen molar-refractivity contribution in [1.29, 1.82) is 0 Å². The second-order valence-electron chi connectivity index (χ2n) is 4.73. The topological polar surface area (TPSA) is 58.4 Å². The Kier molecular flexibility index (Phi) is 4.42. The molecule has 1 aromatic carbocycles. The fourth-order valence-corrected chi connectivity index (χ4v) is 2.17. The van der Waals surface area contributed by atoms with Gasteiger partial charge >= 0.3 is 5.97 Å². The number of rotatable bonds is 5. The first-order chi connectivity index (χ1) is 9.47. The van der Waals surface area contributed by atoms with Crippen LogP contribution in [0.25, 0.3) is 0 Å². The van der Waals surface area contributed by atoms with E-state index >= 15 is 0 Å². The minimum Gasteiger partial charge on any atom is -0.478 e. The Balaban J connectivity index is 2.08. The van der Waals surface area contributed by atoms with E-state index < -0.39 is 5.97 Å². The molecule has 0 saturated carbocycles. The molecule has 0 spiro atoms. The van der Waals surface area contributed by atoms with Gasteiger partial charge in [-0.15, -0.1) is 0 Å². The summed E-state index contributed by atoms with van der Waals surface area (Å²) in [5.74, 6) is -0.951. The van der Waals surface area contributed by atoms with Crippen LogP contribution in [-0.4, -0.2) is 32.8 Å². The second kappa shape index (κ2) is 6.07. The molecule has 0 aliphatic heterocycles. The van der Waals surface area contributed by atoms with E-state index in [0.29, 0.717) is 23.8 Å². The maximum Gasteiger partial charge on any atom is 0.339 e. The number of carboxylic acid groups (broad SMARTS) is 1. The van der Waals surface area contributed by atoms with Gasteiger partial charge in [0, 0.05) is 25.2 Å². The Morgan fingerprint density at radius 1 is 1.35 bits per heavy atom. The highest BCUT2D eigenvalue weighted by Gasteiger charge is 2.16. The molecule has 0 amide bonds. The van der Waals surface area contributed by atoms with Gasteiger partial charge in [-0.1, -0.05) is 23.7 Å². The summed E-state index contributed by atoms with van der Waals surface area (Å²) < 4.78 is 1.60. The van der Waals surface area contributed by atoms with Crippen LogP contribution in [0.3, 0.4) is 0 Å². The first kappa shape index (κ1) is 14.6. The molecule has 6 heteroatoms. The van der Waals surface area contributed by atoms with Gasteiger partial charge in [-0.3, -0.25) is 9.58 Å². The van der Waals surface area contributed by atoms with Crippen molar-refractivity contribution in [3.63, 3.8) is 0 Å². The Hall–Kier alpha value is -1.85. The van der Waals surface area contributed by atoms with Gasteiger partial charge in [-0.25, -0.2) is 4.79 Å². The molecule has 0 bridgehead atoms. The summed E-state index contributed by atoms with van der Waals surface area (Å²) in [6.07, 6.45) is 1.38. The molecular formula is C14H16ClN3O2. The minimum absolute atomic E-state index is 0.246. The lowest BCUT2D eigenvalue weighted by Gasteiger charge is -2.17. The van der Waals surface area contributed by atoms with Crippen molar-refractivity contribution in [3.8, 4) is 0 Å². The number of carbonyl (C=O) groups is 1. The molecule has 5 nitrogen and oxygen atoms in total. The number of aryl methyl sites for hydroxylation is 1. The van der Waals surface area contributed by atoms with Crippen molar-refractivity contribution in [2.75, 3.05) is 7.05 Å². The molecule has 0 aliphatic rings. The molecular weight excluding hydrogens is 278 g/mol. The first-order valence-corrected chi connectivity index (χ1v) is 6.52. The van der Waals surface area contributed by atoms with E-state index in [1.807, 2.05) is 36.2 Å². The lowest BCUT2D eigenvalue weighted by atomic mass is 10.2. The lowest BCUT2D eigenvalue weighted by molar-refractivity contribution is 0.0694. The molecule has 0 radical (unpaired) electrons. The van der Waals surface area contributed by atoms with Crippen molar-refractivity contribution in [2.24, 2.45) is 7.05 Å². The third-order valence-electron chi connectivity index (χ3n) is 3.08. The number of aromatic nitrogens is 2. The van der Waals surface area contributed by atoms with Crippen molar-refractivity contribution < 1.29 is 9.90 Å². The van der Waals surface area contributed by atoms with Crippen LogP contribution in [0, 0.1) is 0 Å².